The zero-order valence-corrected chi connectivity index (χ0v) is 11.6. The molecule has 0 aromatic heterocycles. The van der Waals surface area contributed by atoms with E-state index in [1.54, 1.807) is 6.07 Å². The van der Waals surface area contributed by atoms with E-state index in [1.165, 1.54) is 7.11 Å². The zero-order valence-electron chi connectivity index (χ0n) is 10.8. The summed E-state index contributed by atoms with van der Waals surface area (Å²) in [6, 6.07) is 7.36. The minimum Gasteiger partial charge on any atom is -0.384 e. The Hall–Kier alpha value is -1.11. The van der Waals surface area contributed by atoms with E-state index in [1.807, 2.05) is 25.1 Å². The van der Waals surface area contributed by atoms with Crippen LogP contribution in [0.15, 0.2) is 24.3 Å². The number of para-hydroxylation sites is 1. The van der Waals surface area contributed by atoms with Crippen LogP contribution in [-0.2, 0) is 21.3 Å². The van der Waals surface area contributed by atoms with E-state index in [9.17, 15) is 8.42 Å². The quantitative estimate of drug-likeness (QED) is 0.746. The monoisotopic (exact) mass is 272 g/mol. The van der Waals surface area contributed by atoms with Gasteiger partial charge in [-0.3, -0.25) is 4.72 Å². The van der Waals surface area contributed by atoms with Crippen LogP contribution in [0.3, 0.4) is 0 Å². The molecular weight excluding hydrogens is 252 g/mol. The lowest BCUT2D eigenvalue weighted by Gasteiger charge is -2.12. The van der Waals surface area contributed by atoms with Gasteiger partial charge in [0.15, 0.2) is 0 Å². The van der Waals surface area contributed by atoms with Gasteiger partial charge in [-0.25, -0.2) is 8.42 Å². The van der Waals surface area contributed by atoms with Crippen LogP contribution in [0.1, 0.15) is 12.5 Å². The number of ether oxygens (including phenoxy) is 1. The van der Waals surface area contributed by atoms with Crippen molar-refractivity contribution in [2.45, 2.75) is 13.5 Å². The van der Waals surface area contributed by atoms with Gasteiger partial charge in [-0.2, -0.15) is 0 Å². The summed E-state index contributed by atoms with van der Waals surface area (Å²) in [7, 11) is -1.87. The lowest BCUT2D eigenvalue weighted by Crippen LogP contribution is -2.21. The molecule has 0 saturated heterocycles. The number of anilines is 1. The van der Waals surface area contributed by atoms with E-state index in [4.69, 9.17) is 4.74 Å². The number of sulfonamides is 1. The molecule has 6 heteroatoms. The normalized spacial score (nSPS) is 11.4. The first-order valence-electron chi connectivity index (χ1n) is 5.87. The summed E-state index contributed by atoms with van der Waals surface area (Å²) in [4.78, 5) is 0. The molecule has 0 amide bonds. The van der Waals surface area contributed by atoms with Crippen molar-refractivity contribution in [2.75, 3.05) is 30.7 Å². The molecule has 0 unspecified atom stereocenters. The third-order valence-electron chi connectivity index (χ3n) is 2.40. The van der Waals surface area contributed by atoms with Crippen LogP contribution < -0.4 is 10.0 Å². The molecule has 5 nitrogen and oxygen atoms in total. The molecule has 0 radical (unpaired) electrons. The summed E-state index contributed by atoms with van der Waals surface area (Å²) >= 11 is 0. The Morgan fingerprint density at radius 1 is 1.28 bits per heavy atom. The van der Waals surface area contributed by atoms with Crippen LogP contribution in [0.5, 0.6) is 0 Å². The van der Waals surface area contributed by atoms with Gasteiger partial charge in [0.1, 0.15) is 0 Å². The number of methoxy groups -OCH3 is 1. The van der Waals surface area contributed by atoms with Crippen molar-refractivity contribution in [2.24, 2.45) is 0 Å². The van der Waals surface area contributed by atoms with E-state index >= 15 is 0 Å². The molecule has 1 aromatic rings. The summed E-state index contributed by atoms with van der Waals surface area (Å²) in [6.45, 7) is 3.67. The first-order valence-corrected chi connectivity index (χ1v) is 7.52. The summed E-state index contributed by atoms with van der Waals surface area (Å²) in [6.07, 6.45) is 0. The molecule has 0 bridgehead atoms. The van der Waals surface area contributed by atoms with E-state index in [2.05, 4.69) is 10.0 Å². The fourth-order valence-corrected chi connectivity index (χ4v) is 2.47. The van der Waals surface area contributed by atoms with Gasteiger partial charge in [0.05, 0.1) is 18.0 Å². The summed E-state index contributed by atoms with van der Waals surface area (Å²) in [5.74, 6) is -0.0426. The Bertz CT molecular complexity index is 460. The molecule has 0 saturated carbocycles. The third-order valence-corrected chi connectivity index (χ3v) is 3.64. The maximum atomic E-state index is 11.8. The second-order valence-electron chi connectivity index (χ2n) is 3.85. The number of hydrogen-bond donors (Lipinski definition) is 2. The number of nitrogens with one attached hydrogen (secondary N) is 2. The zero-order chi connectivity index (χ0) is 13.4. The van der Waals surface area contributed by atoms with Gasteiger partial charge in [-0.15, -0.1) is 0 Å². The molecule has 2 N–H and O–H groups in total. The molecule has 0 fully saturated rings. The second kappa shape index (κ2) is 7.35. The highest BCUT2D eigenvalue weighted by Crippen LogP contribution is 2.16. The van der Waals surface area contributed by atoms with E-state index in [0.29, 0.717) is 12.2 Å². The van der Waals surface area contributed by atoms with Crippen LogP contribution in [0.4, 0.5) is 5.69 Å². The molecule has 0 heterocycles. The Balaban J connectivity index is 2.77. The van der Waals surface area contributed by atoms with Gasteiger partial charge in [0.25, 0.3) is 0 Å². The van der Waals surface area contributed by atoms with Gasteiger partial charge in [-0.1, -0.05) is 25.1 Å². The maximum Gasteiger partial charge on any atom is 0.235 e. The van der Waals surface area contributed by atoms with Gasteiger partial charge in [-0.05, 0) is 18.2 Å². The van der Waals surface area contributed by atoms with E-state index < -0.39 is 10.0 Å². The molecule has 1 rings (SSSR count). The molecule has 0 aliphatic rings. The summed E-state index contributed by atoms with van der Waals surface area (Å²) in [5.41, 5.74) is 1.55. The first kappa shape index (κ1) is 14.9. The SMILES string of the molecule is CCNCc1ccccc1NS(=O)(=O)CCOC. The lowest BCUT2D eigenvalue weighted by atomic mass is 10.2. The van der Waals surface area contributed by atoms with Crippen LogP contribution in [0, 0.1) is 0 Å². The van der Waals surface area contributed by atoms with Crippen molar-refractivity contribution in [3.8, 4) is 0 Å². The van der Waals surface area contributed by atoms with Gasteiger partial charge in [0.2, 0.25) is 10.0 Å². The van der Waals surface area contributed by atoms with E-state index in [0.717, 1.165) is 12.1 Å². The Kier molecular flexibility index (Phi) is 6.11. The topological polar surface area (TPSA) is 67.4 Å². The minimum absolute atomic E-state index is 0.0426. The van der Waals surface area contributed by atoms with Crippen molar-refractivity contribution in [3.63, 3.8) is 0 Å². The molecule has 0 aliphatic carbocycles. The Labute approximate surface area is 109 Å². The van der Waals surface area contributed by atoms with Crippen molar-refractivity contribution in [3.05, 3.63) is 29.8 Å². The van der Waals surface area contributed by atoms with Crippen molar-refractivity contribution >= 4 is 15.7 Å². The predicted octanol–water partition coefficient (Wildman–Crippen LogP) is 1.18. The lowest BCUT2D eigenvalue weighted by molar-refractivity contribution is 0.217. The number of hydrogen-bond acceptors (Lipinski definition) is 4. The highest BCUT2D eigenvalue weighted by atomic mass is 32.2. The van der Waals surface area contributed by atoms with Gasteiger partial charge in [0, 0.05) is 13.7 Å². The number of rotatable bonds is 8. The highest BCUT2D eigenvalue weighted by Gasteiger charge is 2.12. The van der Waals surface area contributed by atoms with E-state index in [-0.39, 0.29) is 12.4 Å². The Morgan fingerprint density at radius 2 is 2.00 bits per heavy atom. The smallest absolute Gasteiger partial charge is 0.235 e. The van der Waals surface area contributed by atoms with Crippen molar-refractivity contribution < 1.29 is 13.2 Å². The van der Waals surface area contributed by atoms with Crippen molar-refractivity contribution in [1.29, 1.82) is 0 Å². The molecular formula is C12H20N2O3S. The molecule has 0 atom stereocenters. The second-order valence-corrected chi connectivity index (χ2v) is 5.69. The standard InChI is InChI=1S/C12H20N2O3S/c1-3-13-10-11-6-4-5-7-12(11)14-18(15,16)9-8-17-2/h4-7,13-14H,3,8-10H2,1-2H3. The largest absolute Gasteiger partial charge is 0.384 e. The molecule has 102 valence electrons. The van der Waals surface area contributed by atoms with Crippen molar-refractivity contribution in [1.82, 2.24) is 5.32 Å². The first-order chi connectivity index (χ1) is 8.59. The van der Waals surface area contributed by atoms with Gasteiger partial charge < -0.3 is 10.1 Å². The van der Waals surface area contributed by atoms with Crippen LogP contribution in [-0.4, -0.2) is 34.4 Å². The minimum atomic E-state index is -3.35. The van der Waals surface area contributed by atoms with Gasteiger partial charge >= 0.3 is 0 Å². The number of benzene rings is 1. The summed E-state index contributed by atoms with van der Waals surface area (Å²) in [5, 5.41) is 3.17. The average Bonchev–Trinajstić information content (AvgIpc) is 2.35. The molecule has 18 heavy (non-hydrogen) atoms. The average molecular weight is 272 g/mol. The van der Waals surface area contributed by atoms with Crippen LogP contribution in [0.2, 0.25) is 0 Å². The fraction of sp³-hybridized carbons (Fsp3) is 0.500. The van der Waals surface area contributed by atoms with Crippen LogP contribution in [0.25, 0.3) is 0 Å². The molecule has 1 aromatic carbocycles. The Morgan fingerprint density at radius 3 is 2.67 bits per heavy atom. The fourth-order valence-electron chi connectivity index (χ4n) is 1.45. The molecule has 0 aliphatic heterocycles. The highest BCUT2D eigenvalue weighted by molar-refractivity contribution is 7.92. The summed E-state index contributed by atoms with van der Waals surface area (Å²) < 4.78 is 30.9. The third kappa shape index (κ3) is 5.03. The van der Waals surface area contributed by atoms with Crippen LogP contribution >= 0.6 is 0 Å². The molecule has 0 spiro atoms. The maximum absolute atomic E-state index is 11.8. The predicted molar refractivity (Wildman–Crippen MR) is 73.1 cm³/mol.